The molecule has 1 heteroatoms. The first kappa shape index (κ1) is 8.06. The van der Waals surface area contributed by atoms with Crippen molar-refractivity contribution < 1.29 is 5.11 Å². The van der Waals surface area contributed by atoms with Gasteiger partial charge in [-0.2, -0.15) is 0 Å². The van der Waals surface area contributed by atoms with Crippen LogP contribution in [0.5, 0.6) is 0 Å². The average molecular weight is 142 g/mol. The Morgan fingerprint density at radius 2 is 1.80 bits per heavy atom. The van der Waals surface area contributed by atoms with E-state index < -0.39 is 0 Å². The molecule has 0 spiro atoms. The predicted octanol–water partition coefficient (Wildman–Crippen LogP) is 2.19. The van der Waals surface area contributed by atoms with Gasteiger partial charge in [-0.05, 0) is 30.6 Å². The minimum atomic E-state index is -0.00998. The van der Waals surface area contributed by atoms with E-state index in [1.54, 1.807) is 0 Å². The summed E-state index contributed by atoms with van der Waals surface area (Å²) < 4.78 is 0. The zero-order chi connectivity index (χ0) is 7.78. The van der Waals surface area contributed by atoms with E-state index in [4.69, 9.17) is 0 Å². The maximum atomic E-state index is 9.26. The Kier molecular flexibility index (Phi) is 2.04. The van der Waals surface area contributed by atoms with Gasteiger partial charge in [0.1, 0.15) is 0 Å². The van der Waals surface area contributed by atoms with Crippen molar-refractivity contribution in [1.29, 1.82) is 0 Å². The van der Waals surface area contributed by atoms with Gasteiger partial charge in [-0.1, -0.05) is 20.8 Å². The van der Waals surface area contributed by atoms with E-state index in [1.165, 1.54) is 6.42 Å². The van der Waals surface area contributed by atoms with Gasteiger partial charge < -0.3 is 5.11 Å². The van der Waals surface area contributed by atoms with Crippen LogP contribution in [-0.2, 0) is 0 Å². The standard InChI is InChI=1S/C9H18O/c1-9(2,3)7-4-5-8(10)6-7/h7-8,10H,4-6H2,1-3H3. The van der Waals surface area contributed by atoms with Crippen LogP contribution in [0.1, 0.15) is 40.0 Å². The number of hydrogen-bond donors (Lipinski definition) is 1. The molecule has 0 saturated heterocycles. The maximum absolute atomic E-state index is 9.26. The fourth-order valence-electron chi connectivity index (χ4n) is 1.74. The highest BCUT2D eigenvalue weighted by atomic mass is 16.3. The minimum Gasteiger partial charge on any atom is -0.393 e. The summed E-state index contributed by atoms with van der Waals surface area (Å²) in [5, 5.41) is 9.26. The summed E-state index contributed by atoms with van der Waals surface area (Å²) in [6.45, 7) is 6.78. The van der Waals surface area contributed by atoms with Crippen LogP contribution in [0, 0.1) is 11.3 Å². The largest absolute Gasteiger partial charge is 0.393 e. The molecule has 0 radical (unpaired) electrons. The van der Waals surface area contributed by atoms with Crippen LogP contribution in [0.25, 0.3) is 0 Å². The van der Waals surface area contributed by atoms with E-state index >= 15 is 0 Å². The zero-order valence-corrected chi connectivity index (χ0v) is 7.22. The first-order chi connectivity index (χ1) is 4.50. The monoisotopic (exact) mass is 142 g/mol. The molecule has 10 heavy (non-hydrogen) atoms. The Morgan fingerprint density at radius 1 is 1.20 bits per heavy atom. The first-order valence-electron chi connectivity index (χ1n) is 4.18. The molecule has 1 N–H and O–H groups in total. The normalized spacial score (nSPS) is 34.8. The van der Waals surface area contributed by atoms with E-state index in [2.05, 4.69) is 20.8 Å². The van der Waals surface area contributed by atoms with E-state index in [9.17, 15) is 5.11 Å². The van der Waals surface area contributed by atoms with Gasteiger partial charge in [-0.3, -0.25) is 0 Å². The lowest BCUT2D eigenvalue weighted by molar-refractivity contribution is 0.158. The summed E-state index contributed by atoms with van der Waals surface area (Å²) in [7, 11) is 0. The molecule has 0 aliphatic heterocycles. The van der Waals surface area contributed by atoms with Crippen LogP contribution < -0.4 is 0 Å². The van der Waals surface area contributed by atoms with Crippen LogP contribution >= 0.6 is 0 Å². The lowest BCUT2D eigenvalue weighted by Crippen LogP contribution is -2.18. The fraction of sp³-hybridized carbons (Fsp3) is 1.00. The lowest BCUT2D eigenvalue weighted by Gasteiger charge is -2.26. The number of hydrogen-bond acceptors (Lipinski definition) is 1. The highest BCUT2D eigenvalue weighted by Crippen LogP contribution is 2.38. The Bertz CT molecular complexity index is 112. The van der Waals surface area contributed by atoms with Gasteiger partial charge in [0, 0.05) is 0 Å². The molecule has 1 rings (SSSR count). The molecule has 2 atom stereocenters. The quantitative estimate of drug-likeness (QED) is 0.549. The van der Waals surface area contributed by atoms with Crippen molar-refractivity contribution in [2.45, 2.75) is 46.1 Å². The fourth-order valence-corrected chi connectivity index (χ4v) is 1.74. The van der Waals surface area contributed by atoms with E-state index in [1.807, 2.05) is 0 Å². The lowest BCUT2D eigenvalue weighted by atomic mass is 9.80. The second kappa shape index (κ2) is 2.54. The van der Waals surface area contributed by atoms with Crippen molar-refractivity contribution in [1.82, 2.24) is 0 Å². The van der Waals surface area contributed by atoms with Crippen LogP contribution in [0.2, 0.25) is 0 Å². The molecule has 1 aliphatic rings. The topological polar surface area (TPSA) is 20.2 Å². The molecule has 0 aromatic rings. The average Bonchev–Trinajstić information content (AvgIpc) is 2.11. The van der Waals surface area contributed by atoms with Crippen LogP contribution in [0.15, 0.2) is 0 Å². The van der Waals surface area contributed by atoms with Crippen molar-refractivity contribution >= 4 is 0 Å². The number of aliphatic hydroxyl groups excluding tert-OH is 1. The molecule has 2 unspecified atom stereocenters. The van der Waals surface area contributed by atoms with E-state index in [0.29, 0.717) is 5.41 Å². The van der Waals surface area contributed by atoms with Crippen LogP contribution in [0.3, 0.4) is 0 Å². The Morgan fingerprint density at radius 3 is 2.00 bits per heavy atom. The van der Waals surface area contributed by atoms with Crippen molar-refractivity contribution in [2.24, 2.45) is 11.3 Å². The third-order valence-electron chi connectivity index (χ3n) is 2.63. The second-order valence-corrected chi connectivity index (χ2v) is 4.53. The van der Waals surface area contributed by atoms with Crippen molar-refractivity contribution in [3.05, 3.63) is 0 Å². The molecule has 0 aromatic heterocycles. The molecular formula is C9H18O. The molecule has 1 aliphatic carbocycles. The third-order valence-corrected chi connectivity index (χ3v) is 2.63. The summed E-state index contributed by atoms with van der Waals surface area (Å²) in [6.07, 6.45) is 3.24. The van der Waals surface area contributed by atoms with Crippen molar-refractivity contribution in [3.63, 3.8) is 0 Å². The van der Waals surface area contributed by atoms with Crippen LogP contribution in [0.4, 0.5) is 0 Å². The summed E-state index contributed by atoms with van der Waals surface area (Å²) >= 11 is 0. The van der Waals surface area contributed by atoms with Gasteiger partial charge in [0.15, 0.2) is 0 Å². The second-order valence-electron chi connectivity index (χ2n) is 4.53. The van der Waals surface area contributed by atoms with Gasteiger partial charge in [0.05, 0.1) is 6.10 Å². The molecular weight excluding hydrogens is 124 g/mol. The smallest absolute Gasteiger partial charge is 0.0543 e. The highest BCUT2D eigenvalue weighted by molar-refractivity contribution is 4.82. The SMILES string of the molecule is CC(C)(C)C1CCC(O)C1. The molecule has 60 valence electrons. The van der Waals surface area contributed by atoms with E-state index in [-0.39, 0.29) is 6.10 Å². The Hall–Kier alpha value is -0.0400. The number of rotatable bonds is 0. The van der Waals surface area contributed by atoms with Crippen molar-refractivity contribution in [2.75, 3.05) is 0 Å². The van der Waals surface area contributed by atoms with E-state index in [0.717, 1.165) is 18.8 Å². The van der Waals surface area contributed by atoms with Gasteiger partial charge in [0.25, 0.3) is 0 Å². The Balaban J connectivity index is 2.45. The van der Waals surface area contributed by atoms with Crippen LogP contribution in [-0.4, -0.2) is 11.2 Å². The molecule has 0 bridgehead atoms. The molecule has 1 nitrogen and oxygen atoms in total. The first-order valence-corrected chi connectivity index (χ1v) is 4.18. The predicted molar refractivity (Wildman–Crippen MR) is 42.8 cm³/mol. The maximum Gasteiger partial charge on any atom is 0.0543 e. The summed E-state index contributed by atoms with van der Waals surface area (Å²) in [6, 6.07) is 0. The Labute approximate surface area is 63.4 Å². The molecule has 0 amide bonds. The van der Waals surface area contributed by atoms with Gasteiger partial charge >= 0.3 is 0 Å². The van der Waals surface area contributed by atoms with Gasteiger partial charge in [0.2, 0.25) is 0 Å². The summed E-state index contributed by atoms with van der Waals surface area (Å²) in [5.74, 6) is 0.738. The molecule has 0 aromatic carbocycles. The highest BCUT2D eigenvalue weighted by Gasteiger charge is 2.31. The molecule has 1 saturated carbocycles. The summed E-state index contributed by atoms with van der Waals surface area (Å²) in [4.78, 5) is 0. The van der Waals surface area contributed by atoms with Gasteiger partial charge in [-0.15, -0.1) is 0 Å². The minimum absolute atomic E-state index is 0.00998. The third kappa shape index (κ3) is 1.72. The molecule has 1 fully saturated rings. The zero-order valence-electron chi connectivity index (χ0n) is 7.22. The van der Waals surface area contributed by atoms with Gasteiger partial charge in [-0.25, -0.2) is 0 Å². The number of aliphatic hydroxyl groups is 1. The van der Waals surface area contributed by atoms with Crippen molar-refractivity contribution in [3.8, 4) is 0 Å². The molecule has 0 heterocycles. The summed E-state index contributed by atoms with van der Waals surface area (Å²) in [5.41, 5.74) is 0.400.